The molecule has 1 heterocycles. The van der Waals surface area contributed by atoms with E-state index in [1.807, 2.05) is 0 Å². The first-order valence-corrected chi connectivity index (χ1v) is 5.47. The van der Waals surface area contributed by atoms with Gasteiger partial charge < -0.3 is 16.4 Å². The van der Waals surface area contributed by atoms with Crippen LogP contribution in [0.4, 0.5) is 0 Å². The molecular weight excluding hydrogens is 162 g/mol. The predicted octanol–water partition coefficient (Wildman–Crippen LogP) is 0.147. The summed E-state index contributed by atoms with van der Waals surface area (Å²) in [5.41, 5.74) is 11.7. The number of hydrogen-bond donors (Lipinski definition) is 2. The largest absolute Gasteiger partial charge is 0.328 e. The molecule has 0 radical (unpaired) electrons. The Morgan fingerprint density at radius 1 is 1.08 bits per heavy atom. The van der Waals surface area contributed by atoms with Gasteiger partial charge >= 0.3 is 0 Å². The van der Waals surface area contributed by atoms with E-state index < -0.39 is 0 Å². The molecule has 1 saturated heterocycles. The van der Waals surface area contributed by atoms with E-state index in [4.69, 9.17) is 11.5 Å². The third kappa shape index (κ3) is 2.42. The molecule has 1 aliphatic carbocycles. The fourth-order valence-electron chi connectivity index (χ4n) is 2.67. The van der Waals surface area contributed by atoms with Crippen LogP contribution in [0.3, 0.4) is 0 Å². The first-order chi connectivity index (χ1) is 6.24. The SMILES string of the molecule is NC1CCC(CN2CC[C@H](N)C2)C1. The van der Waals surface area contributed by atoms with Crippen molar-refractivity contribution in [2.24, 2.45) is 17.4 Å². The minimum atomic E-state index is 0.426. The molecule has 2 unspecified atom stereocenters. The van der Waals surface area contributed by atoms with Gasteiger partial charge in [-0.1, -0.05) is 0 Å². The van der Waals surface area contributed by atoms with Gasteiger partial charge in [-0.3, -0.25) is 0 Å². The predicted molar refractivity (Wildman–Crippen MR) is 54.3 cm³/mol. The van der Waals surface area contributed by atoms with Crippen molar-refractivity contribution in [3.05, 3.63) is 0 Å². The fraction of sp³-hybridized carbons (Fsp3) is 1.00. The highest BCUT2D eigenvalue weighted by atomic mass is 15.2. The van der Waals surface area contributed by atoms with Crippen LogP contribution in [0.5, 0.6) is 0 Å². The molecule has 3 nitrogen and oxygen atoms in total. The van der Waals surface area contributed by atoms with Crippen LogP contribution in [0.15, 0.2) is 0 Å². The molecule has 0 aromatic carbocycles. The van der Waals surface area contributed by atoms with Gasteiger partial charge in [0.05, 0.1) is 0 Å². The van der Waals surface area contributed by atoms with Crippen LogP contribution in [0.1, 0.15) is 25.7 Å². The van der Waals surface area contributed by atoms with Crippen LogP contribution in [0, 0.1) is 5.92 Å². The zero-order chi connectivity index (χ0) is 9.26. The molecule has 0 amide bonds. The summed E-state index contributed by atoms with van der Waals surface area (Å²) in [4.78, 5) is 2.51. The van der Waals surface area contributed by atoms with Crippen molar-refractivity contribution in [2.45, 2.75) is 37.8 Å². The van der Waals surface area contributed by atoms with Crippen molar-refractivity contribution in [2.75, 3.05) is 19.6 Å². The van der Waals surface area contributed by atoms with Crippen molar-refractivity contribution in [3.63, 3.8) is 0 Å². The second-order valence-corrected chi connectivity index (χ2v) is 4.75. The average molecular weight is 183 g/mol. The van der Waals surface area contributed by atoms with E-state index in [1.165, 1.54) is 38.8 Å². The van der Waals surface area contributed by atoms with Crippen LogP contribution in [-0.4, -0.2) is 36.6 Å². The molecule has 1 saturated carbocycles. The Kier molecular flexibility index (Phi) is 2.86. The van der Waals surface area contributed by atoms with E-state index in [0.29, 0.717) is 12.1 Å². The minimum absolute atomic E-state index is 0.426. The maximum absolute atomic E-state index is 5.88. The maximum Gasteiger partial charge on any atom is 0.0180 e. The summed E-state index contributed by atoms with van der Waals surface area (Å²) in [6.45, 7) is 3.54. The average Bonchev–Trinajstić information content (AvgIpc) is 2.62. The second-order valence-electron chi connectivity index (χ2n) is 4.75. The van der Waals surface area contributed by atoms with Crippen molar-refractivity contribution in [1.82, 2.24) is 4.90 Å². The van der Waals surface area contributed by atoms with Crippen LogP contribution in [0.2, 0.25) is 0 Å². The van der Waals surface area contributed by atoms with Gasteiger partial charge in [-0.15, -0.1) is 0 Å². The third-order valence-corrected chi connectivity index (χ3v) is 3.41. The first kappa shape index (κ1) is 9.44. The molecule has 0 aromatic rings. The zero-order valence-electron chi connectivity index (χ0n) is 8.28. The molecule has 2 rings (SSSR count). The smallest absolute Gasteiger partial charge is 0.0180 e. The number of rotatable bonds is 2. The molecule has 3 atom stereocenters. The number of hydrogen-bond acceptors (Lipinski definition) is 3. The molecule has 2 fully saturated rings. The van der Waals surface area contributed by atoms with Crippen molar-refractivity contribution < 1.29 is 0 Å². The molecule has 1 aliphatic heterocycles. The third-order valence-electron chi connectivity index (χ3n) is 3.41. The Morgan fingerprint density at radius 2 is 1.92 bits per heavy atom. The zero-order valence-corrected chi connectivity index (χ0v) is 8.28. The molecule has 4 N–H and O–H groups in total. The van der Waals surface area contributed by atoms with Gasteiger partial charge in [0.25, 0.3) is 0 Å². The fourth-order valence-corrected chi connectivity index (χ4v) is 2.67. The van der Waals surface area contributed by atoms with E-state index in [9.17, 15) is 0 Å². The van der Waals surface area contributed by atoms with E-state index >= 15 is 0 Å². The summed E-state index contributed by atoms with van der Waals surface area (Å²) in [5, 5.41) is 0. The van der Waals surface area contributed by atoms with Gasteiger partial charge in [0.15, 0.2) is 0 Å². The van der Waals surface area contributed by atoms with Gasteiger partial charge in [0.2, 0.25) is 0 Å². The monoisotopic (exact) mass is 183 g/mol. The molecule has 3 heteroatoms. The molecule has 13 heavy (non-hydrogen) atoms. The van der Waals surface area contributed by atoms with E-state index in [2.05, 4.69) is 4.90 Å². The number of likely N-dealkylation sites (tertiary alicyclic amines) is 1. The van der Waals surface area contributed by atoms with Gasteiger partial charge in [0.1, 0.15) is 0 Å². The Morgan fingerprint density at radius 3 is 2.46 bits per heavy atom. The van der Waals surface area contributed by atoms with Crippen molar-refractivity contribution >= 4 is 0 Å². The molecule has 0 spiro atoms. The summed E-state index contributed by atoms with van der Waals surface area (Å²) in [7, 11) is 0. The van der Waals surface area contributed by atoms with Crippen LogP contribution in [-0.2, 0) is 0 Å². The second kappa shape index (κ2) is 3.95. The maximum atomic E-state index is 5.88. The lowest BCUT2D eigenvalue weighted by atomic mass is 10.1. The summed E-state index contributed by atoms with van der Waals surface area (Å²) < 4.78 is 0. The summed E-state index contributed by atoms with van der Waals surface area (Å²) in [6, 6.07) is 0.899. The standard InChI is InChI=1S/C10H21N3/c11-9-2-1-8(5-9)6-13-4-3-10(12)7-13/h8-10H,1-7,11-12H2/t8?,9?,10-/m0/s1. The van der Waals surface area contributed by atoms with Crippen molar-refractivity contribution in [3.8, 4) is 0 Å². The molecule has 76 valence electrons. The Hall–Kier alpha value is -0.120. The highest BCUT2D eigenvalue weighted by Crippen LogP contribution is 2.25. The quantitative estimate of drug-likeness (QED) is 0.640. The van der Waals surface area contributed by atoms with Crippen LogP contribution in [0.25, 0.3) is 0 Å². The lowest BCUT2D eigenvalue weighted by molar-refractivity contribution is 0.276. The van der Waals surface area contributed by atoms with Gasteiger partial charge in [-0.25, -0.2) is 0 Å². The lowest BCUT2D eigenvalue weighted by Crippen LogP contribution is -2.30. The van der Waals surface area contributed by atoms with Gasteiger partial charge in [-0.05, 0) is 38.1 Å². The highest BCUT2D eigenvalue weighted by molar-refractivity contribution is 4.84. The number of nitrogens with two attached hydrogens (primary N) is 2. The molecule has 0 aromatic heterocycles. The van der Waals surface area contributed by atoms with E-state index in [-0.39, 0.29) is 0 Å². The van der Waals surface area contributed by atoms with E-state index in [1.54, 1.807) is 0 Å². The summed E-state index contributed by atoms with van der Waals surface area (Å²) >= 11 is 0. The highest BCUT2D eigenvalue weighted by Gasteiger charge is 2.26. The first-order valence-electron chi connectivity index (χ1n) is 5.47. The Labute approximate surface area is 80.5 Å². The van der Waals surface area contributed by atoms with E-state index in [0.717, 1.165) is 12.5 Å². The lowest BCUT2D eigenvalue weighted by Gasteiger charge is -2.19. The normalized spacial score (nSPS) is 41.5. The van der Waals surface area contributed by atoms with Crippen LogP contribution >= 0.6 is 0 Å². The summed E-state index contributed by atoms with van der Waals surface area (Å²) in [5.74, 6) is 0.847. The van der Waals surface area contributed by atoms with Gasteiger partial charge in [-0.2, -0.15) is 0 Å². The Bertz CT molecular complexity index is 154. The molecule has 0 bridgehead atoms. The Balaban J connectivity index is 1.72. The number of nitrogens with zero attached hydrogens (tertiary/aromatic N) is 1. The molecule has 2 aliphatic rings. The van der Waals surface area contributed by atoms with Crippen LogP contribution < -0.4 is 11.5 Å². The topological polar surface area (TPSA) is 55.3 Å². The summed E-state index contributed by atoms with van der Waals surface area (Å²) in [6.07, 6.45) is 4.96. The van der Waals surface area contributed by atoms with Crippen molar-refractivity contribution in [1.29, 1.82) is 0 Å². The molecular formula is C10H21N3. The van der Waals surface area contributed by atoms with Gasteiger partial charge in [0, 0.05) is 25.2 Å². The minimum Gasteiger partial charge on any atom is -0.328 e.